The average molecular weight is 289 g/mol. The van der Waals surface area contributed by atoms with Gasteiger partial charge in [-0.1, -0.05) is 23.7 Å². The Balaban J connectivity index is 1.96. The van der Waals surface area contributed by atoms with Crippen LogP contribution in [-0.2, 0) is 4.79 Å². The highest BCUT2D eigenvalue weighted by Crippen LogP contribution is 2.25. The molecule has 0 aliphatic carbocycles. The summed E-state index contributed by atoms with van der Waals surface area (Å²) in [4.78, 5) is 11.9. The predicted octanol–water partition coefficient (Wildman–Crippen LogP) is 2.51. The normalized spacial score (nSPS) is 23.1. The maximum atomic E-state index is 13.0. The number of alkyl halides is 2. The highest BCUT2D eigenvalue weighted by atomic mass is 35.5. The van der Waals surface area contributed by atoms with Crippen molar-refractivity contribution in [2.24, 2.45) is 0 Å². The molecule has 0 spiro atoms. The molecule has 1 amide bonds. The maximum absolute atomic E-state index is 13.0. The number of nitrogens with one attached hydrogen (secondary N) is 2. The molecule has 2 unspecified atom stereocenters. The quantitative estimate of drug-likeness (QED) is 0.897. The Bertz CT molecular complexity index is 481. The number of halogens is 3. The maximum Gasteiger partial charge on any atom is 0.262 e. The summed E-state index contributed by atoms with van der Waals surface area (Å²) in [5, 5.41) is 5.81. The zero-order chi connectivity index (χ0) is 14.0. The van der Waals surface area contributed by atoms with Crippen LogP contribution in [0.15, 0.2) is 24.3 Å². The summed E-state index contributed by atoms with van der Waals surface area (Å²) in [6, 6.07) is 5.97. The minimum absolute atomic E-state index is 0.276. The topological polar surface area (TPSA) is 41.1 Å². The summed E-state index contributed by atoms with van der Waals surface area (Å²) in [7, 11) is 0. The molecule has 6 heteroatoms. The molecule has 104 valence electrons. The zero-order valence-corrected chi connectivity index (χ0v) is 11.2. The minimum Gasteiger partial charge on any atom is -0.348 e. The van der Waals surface area contributed by atoms with Gasteiger partial charge in [-0.05, 0) is 24.6 Å². The van der Waals surface area contributed by atoms with Gasteiger partial charge in [0.05, 0.1) is 18.6 Å². The summed E-state index contributed by atoms with van der Waals surface area (Å²) < 4.78 is 26.0. The van der Waals surface area contributed by atoms with E-state index < -0.39 is 30.8 Å². The van der Waals surface area contributed by atoms with Gasteiger partial charge >= 0.3 is 0 Å². The van der Waals surface area contributed by atoms with E-state index in [-0.39, 0.29) is 6.04 Å². The van der Waals surface area contributed by atoms with Crippen molar-refractivity contribution in [3.63, 3.8) is 0 Å². The molecule has 19 heavy (non-hydrogen) atoms. The van der Waals surface area contributed by atoms with Gasteiger partial charge in [0.15, 0.2) is 0 Å². The van der Waals surface area contributed by atoms with Crippen molar-refractivity contribution < 1.29 is 13.6 Å². The lowest BCUT2D eigenvalue weighted by molar-refractivity contribution is -0.124. The number of rotatable bonds is 3. The second-order valence-corrected chi connectivity index (χ2v) is 5.22. The van der Waals surface area contributed by atoms with E-state index in [1.807, 2.05) is 6.07 Å². The Labute approximate surface area is 115 Å². The van der Waals surface area contributed by atoms with Gasteiger partial charge in [0.25, 0.3) is 5.92 Å². The lowest BCUT2D eigenvalue weighted by atomic mass is 10.1. The van der Waals surface area contributed by atoms with Gasteiger partial charge in [0.2, 0.25) is 5.91 Å². The molecule has 1 aliphatic rings. The van der Waals surface area contributed by atoms with Crippen LogP contribution in [-0.4, -0.2) is 24.4 Å². The van der Waals surface area contributed by atoms with Gasteiger partial charge < -0.3 is 5.32 Å². The van der Waals surface area contributed by atoms with E-state index in [2.05, 4.69) is 10.6 Å². The Morgan fingerprint density at radius 2 is 2.32 bits per heavy atom. The molecule has 1 aromatic carbocycles. The largest absolute Gasteiger partial charge is 0.348 e. The third-order valence-electron chi connectivity index (χ3n) is 3.13. The minimum atomic E-state index is -2.80. The lowest BCUT2D eigenvalue weighted by Gasteiger charge is -2.17. The van der Waals surface area contributed by atoms with Crippen LogP contribution in [0.4, 0.5) is 8.78 Å². The van der Waals surface area contributed by atoms with Crippen molar-refractivity contribution >= 4 is 17.5 Å². The highest BCUT2D eigenvalue weighted by molar-refractivity contribution is 6.30. The molecule has 1 aromatic rings. The van der Waals surface area contributed by atoms with E-state index in [0.29, 0.717) is 5.02 Å². The van der Waals surface area contributed by atoms with E-state index in [9.17, 15) is 13.6 Å². The van der Waals surface area contributed by atoms with E-state index in [4.69, 9.17) is 11.6 Å². The molecule has 0 aromatic heterocycles. The van der Waals surface area contributed by atoms with E-state index in [1.54, 1.807) is 25.1 Å². The monoisotopic (exact) mass is 288 g/mol. The molecule has 1 saturated heterocycles. The average Bonchev–Trinajstić information content (AvgIpc) is 2.69. The van der Waals surface area contributed by atoms with Gasteiger partial charge in [-0.2, -0.15) is 0 Å². The van der Waals surface area contributed by atoms with Gasteiger partial charge in [0, 0.05) is 11.4 Å². The third-order valence-corrected chi connectivity index (χ3v) is 3.37. The van der Waals surface area contributed by atoms with Gasteiger partial charge in [-0.3, -0.25) is 10.1 Å². The predicted molar refractivity (Wildman–Crippen MR) is 69.4 cm³/mol. The number of hydrogen-bond donors (Lipinski definition) is 2. The number of benzene rings is 1. The van der Waals surface area contributed by atoms with E-state index in [0.717, 1.165) is 5.56 Å². The molecule has 1 aliphatic heterocycles. The molecule has 2 rings (SSSR count). The molecular weight excluding hydrogens is 274 g/mol. The number of carbonyl (C=O) groups is 1. The summed E-state index contributed by atoms with van der Waals surface area (Å²) in [6.45, 7) is 1.34. The second-order valence-electron chi connectivity index (χ2n) is 4.78. The van der Waals surface area contributed by atoms with Crippen molar-refractivity contribution in [1.29, 1.82) is 0 Å². The Kier molecular flexibility index (Phi) is 4.06. The highest BCUT2D eigenvalue weighted by Gasteiger charge is 2.42. The van der Waals surface area contributed by atoms with E-state index >= 15 is 0 Å². The van der Waals surface area contributed by atoms with Crippen LogP contribution >= 0.6 is 11.6 Å². The molecule has 0 bridgehead atoms. The lowest BCUT2D eigenvalue weighted by Crippen LogP contribution is -2.41. The number of hydrogen-bond acceptors (Lipinski definition) is 2. The number of amides is 1. The summed E-state index contributed by atoms with van der Waals surface area (Å²) in [6.07, 6.45) is -0.457. The first-order valence-electron chi connectivity index (χ1n) is 6.04. The van der Waals surface area contributed by atoms with Crippen molar-refractivity contribution in [3.05, 3.63) is 34.9 Å². The van der Waals surface area contributed by atoms with Crippen molar-refractivity contribution in [3.8, 4) is 0 Å². The number of carbonyl (C=O) groups excluding carboxylic acids is 1. The fourth-order valence-electron chi connectivity index (χ4n) is 2.07. The summed E-state index contributed by atoms with van der Waals surface area (Å²) >= 11 is 5.87. The third kappa shape index (κ3) is 3.64. The first kappa shape index (κ1) is 14.2. The van der Waals surface area contributed by atoms with Crippen LogP contribution in [0.1, 0.15) is 24.9 Å². The summed E-state index contributed by atoms with van der Waals surface area (Å²) in [5.41, 5.74) is 0.839. The fourth-order valence-corrected chi connectivity index (χ4v) is 2.27. The van der Waals surface area contributed by atoms with Crippen LogP contribution in [0.25, 0.3) is 0 Å². The van der Waals surface area contributed by atoms with Crippen LogP contribution < -0.4 is 10.6 Å². The van der Waals surface area contributed by atoms with Crippen LogP contribution in [0.3, 0.4) is 0 Å². The first-order chi connectivity index (χ1) is 8.87. The Morgan fingerprint density at radius 1 is 1.58 bits per heavy atom. The fraction of sp³-hybridized carbons (Fsp3) is 0.462. The van der Waals surface area contributed by atoms with Gasteiger partial charge in [-0.25, -0.2) is 8.78 Å². The van der Waals surface area contributed by atoms with Crippen LogP contribution in [0.2, 0.25) is 5.02 Å². The molecule has 2 N–H and O–H groups in total. The van der Waals surface area contributed by atoms with E-state index in [1.165, 1.54) is 0 Å². The first-order valence-corrected chi connectivity index (χ1v) is 6.42. The Morgan fingerprint density at radius 3 is 2.89 bits per heavy atom. The second kappa shape index (κ2) is 5.43. The summed E-state index contributed by atoms with van der Waals surface area (Å²) in [5.74, 6) is -3.22. The molecule has 0 radical (unpaired) electrons. The SMILES string of the molecule is CC(NC(=O)C1CC(F)(F)CN1)c1cccc(Cl)c1. The van der Waals surface area contributed by atoms with Crippen molar-refractivity contribution in [2.45, 2.75) is 31.4 Å². The smallest absolute Gasteiger partial charge is 0.262 e. The van der Waals surface area contributed by atoms with Crippen LogP contribution in [0.5, 0.6) is 0 Å². The standard InChI is InChI=1S/C13H15ClF2N2O/c1-8(9-3-2-4-10(14)5-9)18-12(19)11-6-13(15,16)7-17-11/h2-5,8,11,17H,6-7H2,1H3,(H,18,19). The molecule has 0 saturated carbocycles. The zero-order valence-electron chi connectivity index (χ0n) is 10.4. The van der Waals surface area contributed by atoms with Gasteiger partial charge in [-0.15, -0.1) is 0 Å². The van der Waals surface area contributed by atoms with Crippen LogP contribution in [0, 0.1) is 0 Å². The molecule has 2 atom stereocenters. The molecule has 1 fully saturated rings. The van der Waals surface area contributed by atoms with Gasteiger partial charge in [0.1, 0.15) is 0 Å². The molecule has 3 nitrogen and oxygen atoms in total. The molecule has 1 heterocycles. The van der Waals surface area contributed by atoms with Crippen molar-refractivity contribution in [1.82, 2.24) is 10.6 Å². The Hall–Kier alpha value is -1.20. The molecular formula is C13H15ClF2N2O. The van der Waals surface area contributed by atoms with Crippen molar-refractivity contribution in [2.75, 3.05) is 6.54 Å².